The molecule has 1 N–H and O–H groups in total. The highest BCUT2D eigenvalue weighted by atomic mass is 32.1. The first kappa shape index (κ1) is 17.2. The molecule has 0 aromatic carbocycles. The summed E-state index contributed by atoms with van der Waals surface area (Å²) >= 11 is 0.926. The van der Waals surface area contributed by atoms with Crippen LogP contribution in [0.25, 0.3) is 0 Å². The van der Waals surface area contributed by atoms with E-state index >= 15 is 0 Å². The van der Waals surface area contributed by atoms with Crippen molar-refractivity contribution >= 4 is 17.2 Å². The number of nitrogens with zero attached hydrogens (tertiary/aromatic N) is 1. The first-order valence-electron chi connectivity index (χ1n) is 7.17. The minimum absolute atomic E-state index is 0.147. The molecule has 0 bridgehead atoms. The molecular formula is C14H19F3N2O2S. The number of nitrogens with one attached hydrogen (secondary N) is 1. The number of hydrogen-bond donors (Lipinski definition) is 1. The van der Waals surface area contributed by atoms with E-state index in [2.05, 4.69) is 10.3 Å². The summed E-state index contributed by atoms with van der Waals surface area (Å²) in [6.45, 7) is 4.72. The van der Waals surface area contributed by atoms with Crippen molar-refractivity contribution in [3.8, 4) is 0 Å². The maximum Gasteiger partial charge on any atom is 0.434 e. The number of amides is 1. The van der Waals surface area contributed by atoms with Crippen LogP contribution in [-0.2, 0) is 15.7 Å². The maximum atomic E-state index is 12.6. The van der Waals surface area contributed by atoms with Gasteiger partial charge in [-0.2, -0.15) is 13.2 Å². The summed E-state index contributed by atoms with van der Waals surface area (Å²) in [4.78, 5) is 16.1. The van der Waals surface area contributed by atoms with Crippen LogP contribution in [0.15, 0.2) is 5.38 Å². The van der Waals surface area contributed by atoms with E-state index in [9.17, 15) is 18.0 Å². The predicted octanol–water partition coefficient (Wildman–Crippen LogP) is 3.55. The number of hydrogen-bond acceptors (Lipinski definition) is 4. The molecule has 0 saturated carbocycles. The van der Waals surface area contributed by atoms with Crippen molar-refractivity contribution in [3.63, 3.8) is 0 Å². The lowest BCUT2D eigenvalue weighted by molar-refractivity contribution is -0.140. The van der Waals surface area contributed by atoms with Gasteiger partial charge in [0, 0.05) is 18.6 Å². The lowest BCUT2D eigenvalue weighted by Crippen LogP contribution is -2.43. The summed E-state index contributed by atoms with van der Waals surface area (Å²) in [5.74, 6) is -0.147. The van der Waals surface area contributed by atoms with Crippen LogP contribution in [0.2, 0.25) is 0 Å². The quantitative estimate of drug-likeness (QED) is 0.915. The number of rotatable bonds is 4. The average molecular weight is 336 g/mol. The van der Waals surface area contributed by atoms with Gasteiger partial charge in [0.05, 0.1) is 11.5 Å². The van der Waals surface area contributed by atoms with Crippen LogP contribution in [0.1, 0.15) is 49.9 Å². The summed E-state index contributed by atoms with van der Waals surface area (Å²) in [6, 6.07) is -0.492. The molecule has 1 amide bonds. The Morgan fingerprint density at radius 1 is 1.50 bits per heavy atom. The van der Waals surface area contributed by atoms with E-state index in [0.717, 1.165) is 16.7 Å². The number of thiazole rings is 1. The minimum Gasteiger partial charge on any atom is -0.381 e. The summed E-state index contributed by atoms with van der Waals surface area (Å²) in [6.07, 6.45) is -2.74. The minimum atomic E-state index is -4.45. The van der Waals surface area contributed by atoms with E-state index in [-0.39, 0.29) is 5.91 Å². The van der Waals surface area contributed by atoms with Gasteiger partial charge < -0.3 is 10.1 Å². The van der Waals surface area contributed by atoms with Crippen LogP contribution < -0.4 is 5.32 Å². The Morgan fingerprint density at radius 3 is 2.64 bits per heavy atom. The van der Waals surface area contributed by atoms with Crippen LogP contribution in [0.3, 0.4) is 0 Å². The largest absolute Gasteiger partial charge is 0.434 e. The van der Waals surface area contributed by atoms with Crippen molar-refractivity contribution in [2.75, 3.05) is 13.2 Å². The summed E-state index contributed by atoms with van der Waals surface area (Å²) in [5.41, 5.74) is -1.44. The Balaban J connectivity index is 2.08. The lowest BCUT2D eigenvalue weighted by Gasteiger charge is -2.33. The second kappa shape index (κ2) is 6.54. The molecule has 1 atom stereocenters. The van der Waals surface area contributed by atoms with Gasteiger partial charge >= 0.3 is 6.18 Å². The number of halogens is 3. The Hall–Kier alpha value is -1.15. The van der Waals surface area contributed by atoms with Crippen molar-refractivity contribution in [1.82, 2.24) is 10.3 Å². The molecule has 0 aliphatic carbocycles. The first-order valence-corrected chi connectivity index (χ1v) is 8.05. The molecule has 1 aromatic heterocycles. The molecule has 0 radical (unpaired) electrons. The van der Waals surface area contributed by atoms with Gasteiger partial charge in [-0.05, 0) is 19.3 Å². The monoisotopic (exact) mass is 336 g/mol. The van der Waals surface area contributed by atoms with Gasteiger partial charge in [0.15, 0.2) is 5.69 Å². The summed E-state index contributed by atoms with van der Waals surface area (Å²) in [5, 5.41) is 4.12. The van der Waals surface area contributed by atoms with Gasteiger partial charge in [-0.15, -0.1) is 11.3 Å². The highest BCUT2D eigenvalue weighted by Crippen LogP contribution is 2.34. The second-order valence-electron chi connectivity index (χ2n) is 5.68. The van der Waals surface area contributed by atoms with Crippen molar-refractivity contribution in [2.45, 2.75) is 45.3 Å². The van der Waals surface area contributed by atoms with Gasteiger partial charge in [0.25, 0.3) is 0 Å². The molecule has 22 heavy (non-hydrogen) atoms. The molecule has 1 aliphatic rings. The zero-order chi connectivity index (χ0) is 16.4. The average Bonchev–Trinajstić information content (AvgIpc) is 2.95. The second-order valence-corrected chi connectivity index (χ2v) is 6.57. The zero-order valence-corrected chi connectivity index (χ0v) is 13.3. The molecule has 8 heteroatoms. The number of carbonyl (C=O) groups excluding carboxylic acids is 1. The highest BCUT2D eigenvalue weighted by Gasteiger charge is 2.37. The van der Waals surface area contributed by atoms with Crippen LogP contribution >= 0.6 is 11.3 Å². The maximum absolute atomic E-state index is 12.6. The molecule has 1 aliphatic heterocycles. The topological polar surface area (TPSA) is 51.2 Å². The standard InChI is InChI=1S/C14H19F3N2O2S/c1-3-9(11-19-10(8-22-11)14(15,16)17)18-12(20)13(2)4-6-21-7-5-13/h8-9H,3-7H2,1-2H3,(H,18,20). The summed E-state index contributed by atoms with van der Waals surface area (Å²) < 4.78 is 43.1. The third kappa shape index (κ3) is 3.78. The zero-order valence-electron chi connectivity index (χ0n) is 12.5. The molecule has 1 unspecified atom stereocenters. The van der Waals surface area contributed by atoms with Crippen molar-refractivity contribution in [3.05, 3.63) is 16.1 Å². The fraction of sp³-hybridized carbons (Fsp3) is 0.714. The molecule has 1 saturated heterocycles. The molecule has 124 valence electrons. The van der Waals surface area contributed by atoms with Crippen molar-refractivity contribution < 1.29 is 22.7 Å². The fourth-order valence-electron chi connectivity index (χ4n) is 2.30. The molecule has 0 spiro atoms. The van der Waals surface area contributed by atoms with Crippen LogP contribution in [0, 0.1) is 5.41 Å². The van der Waals surface area contributed by atoms with E-state index < -0.39 is 23.3 Å². The Morgan fingerprint density at radius 2 is 2.14 bits per heavy atom. The Labute approximate surface area is 131 Å². The number of carbonyl (C=O) groups is 1. The first-order chi connectivity index (χ1) is 10.3. The van der Waals surface area contributed by atoms with E-state index in [1.165, 1.54) is 0 Å². The van der Waals surface area contributed by atoms with Gasteiger partial charge in [-0.1, -0.05) is 13.8 Å². The smallest absolute Gasteiger partial charge is 0.381 e. The molecule has 4 nitrogen and oxygen atoms in total. The van der Waals surface area contributed by atoms with Crippen LogP contribution in [-0.4, -0.2) is 24.1 Å². The molecule has 2 rings (SSSR count). The van der Waals surface area contributed by atoms with E-state index in [4.69, 9.17) is 4.74 Å². The molecular weight excluding hydrogens is 317 g/mol. The van der Waals surface area contributed by atoms with Crippen LogP contribution in [0.5, 0.6) is 0 Å². The Bertz CT molecular complexity index is 524. The molecule has 1 fully saturated rings. The van der Waals surface area contributed by atoms with Gasteiger partial charge in [-0.3, -0.25) is 4.79 Å². The van der Waals surface area contributed by atoms with Gasteiger partial charge in [0.1, 0.15) is 5.01 Å². The molecule has 2 heterocycles. The lowest BCUT2D eigenvalue weighted by atomic mass is 9.81. The third-order valence-electron chi connectivity index (χ3n) is 3.97. The highest BCUT2D eigenvalue weighted by molar-refractivity contribution is 7.09. The van der Waals surface area contributed by atoms with E-state index in [1.54, 1.807) is 0 Å². The Kier molecular flexibility index (Phi) is 5.11. The van der Waals surface area contributed by atoms with Crippen molar-refractivity contribution in [2.24, 2.45) is 5.41 Å². The third-order valence-corrected chi connectivity index (χ3v) is 4.93. The van der Waals surface area contributed by atoms with E-state index in [1.807, 2.05) is 13.8 Å². The van der Waals surface area contributed by atoms with E-state index in [0.29, 0.717) is 37.5 Å². The SMILES string of the molecule is CCC(NC(=O)C1(C)CCOCC1)c1nc(C(F)(F)F)cs1. The van der Waals surface area contributed by atoms with Gasteiger partial charge in [-0.25, -0.2) is 4.98 Å². The predicted molar refractivity (Wildman–Crippen MR) is 76.5 cm³/mol. The summed E-state index contributed by atoms with van der Waals surface area (Å²) in [7, 11) is 0. The van der Waals surface area contributed by atoms with Crippen molar-refractivity contribution in [1.29, 1.82) is 0 Å². The number of alkyl halides is 3. The van der Waals surface area contributed by atoms with Gasteiger partial charge in [0.2, 0.25) is 5.91 Å². The number of ether oxygens (including phenoxy) is 1. The fourth-order valence-corrected chi connectivity index (χ4v) is 3.26. The van der Waals surface area contributed by atoms with Crippen LogP contribution in [0.4, 0.5) is 13.2 Å². The normalized spacial score (nSPS) is 19.7. The molecule has 1 aromatic rings. The number of aromatic nitrogens is 1.